The highest BCUT2D eigenvalue weighted by Gasteiger charge is 2.32. The SMILES string of the molecule is CC(NC(=O)OC(C)(C)C)C1CCN(c2cc3c(cc2F)c(=O)c(C(=O)O)cn3C2CC2)C1. The van der Waals surface area contributed by atoms with Crippen LogP contribution in [0.4, 0.5) is 14.9 Å². The second-order valence-electron chi connectivity index (χ2n) is 10.1. The van der Waals surface area contributed by atoms with Gasteiger partial charge in [0.25, 0.3) is 0 Å². The number of nitrogens with one attached hydrogen (secondary N) is 1. The number of nitrogens with zero attached hydrogens (tertiary/aromatic N) is 2. The molecular formula is C24H30FN3O5. The van der Waals surface area contributed by atoms with Crippen molar-refractivity contribution in [3.05, 3.63) is 39.9 Å². The lowest BCUT2D eigenvalue weighted by molar-refractivity contribution is 0.0494. The molecule has 1 aromatic carbocycles. The van der Waals surface area contributed by atoms with Crippen molar-refractivity contribution in [2.75, 3.05) is 18.0 Å². The van der Waals surface area contributed by atoms with E-state index in [-0.39, 0.29) is 29.0 Å². The zero-order valence-electron chi connectivity index (χ0n) is 19.4. The summed E-state index contributed by atoms with van der Waals surface area (Å²) in [6, 6.07) is 2.78. The molecule has 1 aromatic heterocycles. The number of fused-ring (bicyclic) bond motifs is 1. The zero-order valence-corrected chi connectivity index (χ0v) is 19.4. The van der Waals surface area contributed by atoms with Crippen LogP contribution in [0.3, 0.4) is 0 Å². The van der Waals surface area contributed by atoms with Gasteiger partial charge in [-0.15, -0.1) is 0 Å². The number of carboxylic acid groups (broad SMARTS) is 1. The minimum atomic E-state index is -1.31. The Kier molecular flexibility index (Phi) is 5.84. The van der Waals surface area contributed by atoms with E-state index in [4.69, 9.17) is 4.74 Å². The van der Waals surface area contributed by atoms with Crippen LogP contribution in [0.2, 0.25) is 0 Å². The Labute approximate surface area is 191 Å². The predicted molar refractivity (Wildman–Crippen MR) is 123 cm³/mol. The highest BCUT2D eigenvalue weighted by Crippen LogP contribution is 2.38. The molecule has 2 fully saturated rings. The summed E-state index contributed by atoms with van der Waals surface area (Å²) in [4.78, 5) is 38.2. The quantitative estimate of drug-likeness (QED) is 0.703. The van der Waals surface area contributed by atoms with Gasteiger partial charge in [-0.05, 0) is 65.0 Å². The van der Waals surface area contributed by atoms with Crippen molar-refractivity contribution >= 4 is 28.7 Å². The van der Waals surface area contributed by atoms with Crippen molar-refractivity contribution in [2.45, 2.75) is 64.6 Å². The van der Waals surface area contributed by atoms with Crippen molar-refractivity contribution in [1.29, 1.82) is 0 Å². The largest absolute Gasteiger partial charge is 0.477 e. The number of alkyl carbamates (subject to hydrolysis) is 1. The van der Waals surface area contributed by atoms with Gasteiger partial charge >= 0.3 is 12.1 Å². The maximum absolute atomic E-state index is 15.1. The molecule has 0 spiro atoms. The molecule has 1 aliphatic heterocycles. The second kappa shape index (κ2) is 8.35. The lowest BCUT2D eigenvalue weighted by Gasteiger charge is -2.25. The Balaban J connectivity index is 1.59. The molecule has 2 N–H and O–H groups in total. The first-order valence-corrected chi connectivity index (χ1v) is 11.3. The van der Waals surface area contributed by atoms with Crippen molar-refractivity contribution in [3.8, 4) is 0 Å². The topological polar surface area (TPSA) is 101 Å². The smallest absolute Gasteiger partial charge is 0.407 e. The first-order chi connectivity index (χ1) is 15.4. The van der Waals surface area contributed by atoms with Crippen LogP contribution in [-0.2, 0) is 4.74 Å². The fourth-order valence-corrected chi connectivity index (χ4v) is 4.43. The van der Waals surface area contributed by atoms with Gasteiger partial charge in [-0.25, -0.2) is 14.0 Å². The van der Waals surface area contributed by atoms with E-state index in [0.717, 1.165) is 25.3 Å². The fourth-order valence-electron chi connectivity index (χ4n) is 4.43. The molecule has 1 aliphatic carbocycles. The van der Waals surface area contributed by atoms with Gasteiger partial charge < -0.3 is 24.6 Å². The zero-order chi connectivity index (χ0) is 24.1. The standard InChI is InChI=1S/C24H30FN3O5/c1-13(26-23(32)33-24(2,3)4)14-7-8-27(11-14)20-10-19-16(9-18(20)25)21(29)17(22(30)31)12-28(19)15-5-6-15/h9-10,12-15H,5-8,11H2,1-4H3,(H,26,32)(H,30,31). The van der Waals surface area contributed by atoms with Gasteiger partial charge in [-0.1, -0.05) is 0 Å². The second-order valence-corrected chi connectivity index (χ2v) is 10.1. The first-order valence-electron chi connectivity index (χ1n) is 11.3. The Hall–Kier alpha value is -3.10. The monoisotopic (exact) mass is 459 g/mol. The number of halogens is 1. The Morgan fingerprint density at radius 3 is 2.55 bits per heavy atom. The summed E-state index contributed by atoms with van der Waals surface area (Å²) in [5.41, 5.74) is -0.671. The van der Waals surface area contributed by atoms with Crippen molar-refractivity contribution in [3.63, 3.8) is 0 Å². The van der Waals surface area contributed by atoms with Crippen LogP contribution in [0.1, 0.15) is 63.4 Å². The number of ether oxygens (including phenoxy) is 1. The number of aromatic carboxylic acids is 1. The van der Waals surface area contributed by atoms with E-state index >= 15 is 4.39 Å². The van der Waals surface area contributed by atoms with E-state index in [0.29, 0.717) is 24.3 Å². The summed E-state index contributed by atoms with van der Waals surface area (Å²) in [7, 11) is 0. The van der Waals surface area contributed by atoms with Gasteiger partial charge in [0.15, 0.2) is 0 Å². The van der Waals surface area contributed by atoms with Crippen molar-refractivity contribution in [2.24, 2.45) is 5.92 Å². The molecule has 2 unspecified atom stereocenters. The number of benzene rings is 1. The number of pyridine rings is 1. The van der Waals surface area contributed by atoms with Crippen LogP contribution in [0.15, 0.2) is 23.1 Å². The number of carboxylic acids is 1. The predicted octanol–water partition coefficient (Wildman–Crippen LogP) is 3.91. The van der Waals surface area contributed by atoms with Gasteiger partial charge in [0.05, 0.1) is 11.2 Å². The molecule has 33 heavy (non-hydrogen) atoms. The fraction of sp³-hybridized carbons (Fsp3) is 0.542. The summed E-state index contributed by atoms with van der Waals surface area (Å²) in [5.74, 6) is -1.76. The van der Waals surface area contributed by atoms with E-state index in [1.54, 1.807) is 31.4 Å². The molecular weight excluding hydrogens is 429 g/mol. The van der Waals surface area contributed by atoms with E-state index in [1.807, 2.05) is 11.8 Å². The number of hydrogen-bond acceptors (Lipinski definition) is 5. The Morgan fingerprint density at radius 2 is 1.94 bits per heavy atom. The van der Waals surface area contributed by atoms with Gasteiger partial charge in [0, 0.05) is 36.8 Å². The molecule has 2 atom stereocenters. The lowest BCUT2D eigenvalue weighted by Crippen LogP contribution is -2.42. The molecule has 8 nitrogen and oxygen atoms in total. The average Bonchev–Trinajstić information content (AvgIpc) is 3.42. The summed E-state index contributed by atoms with van der Waals surface area (Å²) in [6.07, 6.45) is 3.45. The average molecular weight is 460 g/mol. The molecule has 1 amide bonds. The number of carbonyl (C=O) groups is 2. The van der Waals surface area contributed by atoms with Gasteiger partial charge in [0.1, 0.15) is 17.0 Å². The number of carbonyl (C=O) groups excluding carboxylic acids is 1. The molecule has 2 aromatic rings. The summed E-state index contributed by atoms with van der Waals surface area (Å²) >= 11 is 0. The molecule has 0 bridgehead atoms. The number of hydrogen-bond donors (Lipinski definition) is 2. The molecule has 1 saturated carbocycles. The third-order valence-electron chi connectivity index (χ3n) is 6.29. The highest BCUT2D eigenvalue weighted by atomic mass is 19.1. The molecule has 2 heterocycles. The minimum absolute atomic E-state index is 0.0822. The molecule has 178 valence electrons. The minimum Gasteiger partial charge on any atom is -0.477 e. The Bertz CT molecular complexity index is 1170. The Morgan fingerprint density at radius 1 is 1.24 bits per heavy atom. The highest BCUT2D eigenvalue weighted by molar-refractivity contribution is 5.93. The number of rotatable bonds is 5. The summed E-state index contributed by atoms with van der Waals surface area (Å²) in [6.45, 7) is 8.47. The molecule has 0 radical (unpaired) electrons. The van der Waals surface area contributed by atoms with Crippen LogP contribution in [0.25, 0.3) is 10.9 Å². The number of amides is 1. The lowest BCUT2D eigenvalue weighted by atomic mass is 10.0. The molecule has 4 rings (SSSR count). The molecule has 9 heteroatoms. The summed E-state index contributed by atoms with van der Waals surface area (Å²) in [5, 5.41) is 12.4. The maximum Gasteiger partial charge on any atom is 0.407 e. The van der Waals surface area contributed by atoms with E-state index in [9.17, 15) is 19.5 Å². The third kappa shape index (κ3) is 4.82. The van der Waals surface area contributed by atoms with Crippen LogP contribution in [-0.4, -0.2) is 46.5 Å². The molecule has 2 aliphatic rings. The number of anilines is 1. The van der Waals surface area contributed by atoms with E-state index < -0.39 is 28.9 Å². The number of aromatic nitrogens is 1. The normalized spacial score (nSPS) is 19.5. The van der Waals surface area contributed by atoms with Crippen molar-refractivity contribution < 1.29 is 23.8 Å². The maximum atomic E-state index is 15.1. The first kappa shape index (κ1) is 23.1. The third-order valence-corrected chi connectivity index (χ3v) is 6.29. The van der Waals surface area contributed by atoms with Crippen molar-refractivity contribution in [1.82, 2.24) is 9.88 Å². The van der Waals surface area contributed by atoms with Crippen LogP contribution in [0, 0.1) is 11.7 Å². The van der Waals surface area contributed by atoms with E-state index in [1.165, 1.54) is 6.20 Å². The van der Waals surface area contributed by atoms with Crippen LogP contribution < -0.4 is 15.6 Å². The van der Waals surface area contributed by atoms with Crippen LogP contribution in [0.5, 0.6) is 0 Å². The van der Waals surface area contributed by atoms with E-state index in [2.05, 4.69) is 5.32 Å². The van der Waals surface area contributed by atoms with Gasteiger partial charge in [-0.3, -0.25) is 4.79 Å². The molecule has 1 saturated heterocycles. The summed E-state index contributed by atoms with van der Waals surface area (Å²) < 4.78 is 22.3. The van der Waals surface area contributed by atoms with Gasteiger partial charge in [-0.2, -0.15) is 0 Å². The van der Waals surface area contributed by atoms with Gasteiger partial charge in [0.2, 0.25) is 5.43 Å². The van der Waals surface area contributed by atoms with Crippen LogP contribution >= 0.6 is 0 Å².